The highest BCUT2D eigenvalue weighted by Crippen LogP contribution is 2.62. The maximum Gasteiger partial charge on any atom is 0.493 e. The minimum Gasteiger partial charge on any atom is -0.423 e. The summed E-state index contributed by atoms with van der Waals surface area (Å²) in [6, 6.07) is 2.04. The van der Waals surface area contributed by atoms with E-state index in [0.717, 1.165) is 54.4 Å². The number of H-pyrrole nitrogens is 1. The summed E-state index contributed by atoms with van der Waals surface area (Å²) >= 11 is 0. The van der Waals surface area contributed by atoms with Crippen molar-refractivity contribution in [3.05, 3.63) is 24.0 Å². The molecule has 2 spiro atoms. The van der Waals surface area contributed by atoms with Gasteiger partial charge in [0.05, 0.1) is 5.60 Å². The molecule has 2 aromatic heterocycles. The first-order valence-corrected chi connectivity index (χ1v) is 9.77. The van der Waals surface area contributed by atoms with Gasteiger partial charge in [-0.25, -0.2) is 9.78 Å². The lowest BCUT2D eigenvalue weighted by atomic mass is 9.56. The van der Waals surface area contributed by atoms with E-state index >= 15 is 0 Å². The number of hydrogen-bond acceptors (Lipinski definition) is 4. The molecule has 0 aromatic carbocycles. The molecule has 27 heavy (non-hydrogen) atoms. The third-order valence-electron chi connectivity index (χ3n) is 6.38. The van der Waals surface area contributed by atoms with Gasteiger partial charge in [-0.05, 0) is 42.2 Å². The van der Waals surface area contributed by atoms with Gasteiger partial charge in [-0.3, -0.25) is 0 Å². The van der Waals surface area contributed by atoms with Crippen LogP contribution in [0.4, 0.5) is 4.79 Å². The van der Waals surface area contributed by atoms with Crippen molar-refractivity contribution >= 4 is 29.6 Å². The highest BCUT2D eigenvalue weighted by Gasteiger charge is 2.63. The zero-order valence-electron chi connectivity index (χ0n) is 15.8. The molecule has 0 unspecified atom stereocenters. The Morgan fingerprint density at radius 3 is 3.11 bits per heavy atom. The predicted molar refractivity (Wildman–Crippen MR) is 103 cm³/mol. The predicted octanol–water partition coefficient (Wildman–Crippen LogP) is 1.33. The lowest BCUT2D eigenvalue weighted by molar-refractivity contribution is -0.109. The number of rotatable bonds is 2. The molecular weight excluding hydrogens is 343 g/mol. The zero-order valence-corrected chi connectivity index (χ0v) is 15.8. The average Bonchev–Trinajstić information content (AvgIpc) is 3.30. The second kappa shape index (κ2) is 5.72. The van der Waals surface area contributed by atoms with E-state index in [1.807, 2.05) is 17.2 Å². The van der Waals surface area contributed by atoms with Crippen LogP contribution in [-0.4, -0.2) is 52.7 Å². The summed E-state index contributed by atoms with van der Waals surface area (Å²) in [6.07, 6.45) is 6.25. The van der Waals surface area contributed by atoms with E-state index in [2.05, 4.69) is 29.1 Å². The lowest BCUT2D eigenvalue weighted by Crippen LogP contribution is -2.52. The van der Waals surface area contributed by atoms with Crippen molar-refractivity contribution < 1.29 is 14.5 Å². The molecule has 1 saturated carbocycles. The Labute approximate surface area is 158 Å². The molecule has 1 saturated heterocycles. The van der Waals surface area contributed by atoms with Gasteiger partial charge in [0.15, 0.2) is 0 Å². The van der Waals surface area contributed by atoms with Crippen LogP contribution in [0.1, 0.15) is 38.7 Å². The number of hydrogen-bond donors (Lipinski definition) is 3. The number of aromatic amines is 1. The van der Waals surface area contributed by atoms with E-state index in [-0.39, 0.29) is 11.4 Å². The SMILES string of the molecule is CC(C)CNC(=O)N1CCC2(C1)CC1(C2)OB(O)c2cnc3[nH]ccc3c21. The third kappa shape index (κ3) is 2.50. The Hall–Kier alpha value is -2.06. The first kappa shape index (κ1) is 17.1. The quantitative estimate of drug-likeness (QED) is 0.698. The average molecular weight is 368 g/mol. The van der Waals surface area contributed by atoms with Gasteiger partial charge in [-0.1, -0.05) is 13.8 Å². The number of amides is 2. The van der Waals surface area contributed by atoms with Gasteiger partial charge in [0.1, 0.15) is 5.65 Å². The van der Waals surface area contributed by atoms with E-state index in [0.29, 0.717) is 12.5 Å². The van der Waals surface area contributed by atoms with Crippen LogP contribution in [-0.2, 0) is 10.3 Å². The molecule has 4 heterocycles. The number of urea groups is 1. The van der Waals surface area contributed by atoms with Gasteiger partial charge in [0.25, 0.3) is 0 Å². The van der Waals surface area contributed by atoms with E-state index < -0.39 is 12.7 Å². The number of carbonyl (C=O) groups is 1. The molecule has 1 aliphatic carbocycles. The topological polar surface area (TPSA) is 90.5 Å². The normalized spacial score (nSPS) is 29.2. The number of pyridine rings is 1. The summed E-state index contributed by atoms with van der Waals surface area (Å²) in [4.78, 5) is 21.9. The van der Waals surface area contributed by atoms with Crippen molar-refractivity contribution in [2.24, 2.45) is 11.3 Å². The molecule has 0 radical (unpaired) electrons. The Bertz CT molecular complexity index is 905. The van der Waals surface area contributed by atoms with Crippen molar-refractivity contribution in [1.29, 1.82) is 0 Å². The van der Waals surface area contributed by atoms with Crippen molar-refractivity contribution in [2.45, 2.75) is 38.7 Å². The second-order valence-electron chi connectivity index (χ2n) is 8.90. The molecule has 142 valence electrons. The third-order valence-corrected chi connectivity index (χ3v) is 6.38. The standard InChI is InChI=1S/C19H25BN4O3/c1-12(2)7-23-17(25)24-6-4-18(11-24)9-19(10-18)15-13-3-5-21-16(13)22-8-14(15)20(26)27-19/h3,5,8,12,26H,4,6-7,9-11H2,1-2H3,(H,21,22)(H,23,25). The zero-order chi connectivity index (χ0) is 18.8. The molecule has 3 aliphatic rings. The van der Waals surface area contributed by atoms with Gasteiger partial charge in [0, 0.05) is 42.9 Å². The van der Waals surface area contributed by atoms with Crippen molar-refractivity contribution in [2.75, 3.05) is 19.6 Å². The summed E-state index contributed by atoms with van der Waals surface area (Å²) in [5.41, 5.74) is 2.31. The van der Waals surface area contributed by atoms with Crippen LogP contribution in [0.5, 0.6) is 0 Å². The summed E-state index contributed by atoms with van der Waals surface area (Å²) in [6.45, 7) is 6.43. The summed E-state index contributed by atoms with van der Waals surface area (Å²) < 4.78 is 6.08. The molecule has 3 N–H and O–H groups in total. The molecule has 2 fully saturated rings. The number of nitrogens with one attached hydrogen (secondary N) is 2. The molecule has 8 heteroatoms. The summed E-state index contributed by atoms with van der Waals surface area (Å²) in [5.74, 6) is 0.444. The molecule has 2 aliphatic heterocycles. The number of fused-ring (bicyclic) bond motifs is 4. The van der Waals surface area contributed by atoms with Gasteiger partial charge < -0.3 is 24.9 Å². The number of nitrogens with zero attached hydrogens (tertiary/aromatic N) is 2. The molecule has 5 rings (SSSR count). The molecular formula is C19H25BN4O3. The fourth-order valence-corrected chi connectivity index (χ4v) is 5.28. The van der Waals surface area contributed by atoms with E-state index in [4.69, 9.17) is 4.65 Å². The van der Waals surface area contributed by atoms with Gasteiger partial charge in [-0.15, -0.1) is 0 Å². The molecule has 2 amide bonds. The first-order chi connectivity index (χ1) is 12.9. The Kier molecular flexibility index (Phi) is 3.62. The Morgan fingerprint density at radius 2 is 2.33 bits per heavy atom. The number of aromatic nitrogens is 2. The summed E-state index contributed by atoms with van der Waals surface area (Å²) in [5, 5.41) is 14.5. The van der Waals surface area contributed by atoms with Crippen LogP contribution in [0, 0.1) is 11.3 Å². The van der Waals surface area contributed by atoms with E-state index in [1.54, 1.807) is 6.20 Å². The maximum atomic E-state index is 12.4. The largest absolute Gasteiger partial charge is 0.493 e. The van der Waals surface area contributed by atoms with Crippen LogP contribution in [0.2, 0.25) is 0 Å². The summed E-state index contributed by atoms with van der Waals surface area (Å²) in [7, 11) is -0.920. The number of likely N-dealkylation sites (tertiary alicyclic amines) is 1. The van der Waals surface area contributed by atoms with Crippen molar-refractivity contribution in [3.8, 4) is 0 Å². The molecule has 0 atom stereocenters. The van der Waals surface area contributed by atoms with Gasteiger partial charge >= 0.3 is 13.1 Å². The van der Waals surface area contributed by atoms with Crippen molar-refractivity contribution in [3.63, 3.8) is 0 Å². The molecule has 7 nitrogen and oxygen atoms in total. The van der Waals surface area contributed by atoms with Gasteiger partial charge in [0.2, 0.25) is 0 Å². The maximum absolute atomic E-state index is 12.4. The Balaban J connectivity index is 1.36. The van der Waals surface area contributed by atoms with E-state index in [1.165, 1.54) is 0 Å². The van der Waals surface area contributed by atoms with Crippen LogP contribution < -0.4 is 10.8 Å². The monoisotopic (exact) mass is 368 g/mol. The lowest BCUT2D eigenvalue weighted by Gasteiger charge is -2.53. The first-order valence-electron chi connectivity index (χ1n) is 9.77. The highest BCUT2D eigenvalue weighted by atomic mass is 16.5. The van der Waals surface area contributed by atoms with Crippen LogP contribution in [0.25, 0.3) is 11.0 Å². The van der Waals surface area contributed by atoms with Crippen LogP contribution in [0.15, 0.2) is 18.5 Å². The van der Waals surface area contributed by atoms with E-state index in [9.17, 15) is 9.82 Å². The van der Waals surface area contributed by atoms with Crippen LogP contribution >= 0.6 is 0 Å². The van der Waals surface area contributed by atoms with Gasteiger partial charge in [-0.2, -0.15) is 0 Å². The fraction of sp³-hybridized carbons (Fsp3) is 0.579. The fourth-order valence-electron chi connectivity index (χ4n) is 5.28. The minimum absolute atomic E-state index is 0.0338. The smallest absolute Gasteiger partial charge is 0.423 e. The van der Waals surface area contributed by atoms with Crippen molar-refractivity contribution in [1.82, 2.24) is 20.2 Å². The second-order valence-corrected chi connectivity index (χ2v) is 8.90. The Morgan fingerprint density at radius 1 is 1.52 bits per heavy atom. The molecule has 0 bridgehead atoms. The highest BCUT2D eigenvalue weighted by molar-refractivity contribution is 6.62. The number of carbonyl (C=O) groups excluding carboxylic acids is 1. The minimum atomic E-state index is -0.920. The van der Waals surface area contributed by atoms with Crippen LogP contribution in [0.3, 0.4) is 0 Å². The molecule has 2 aromatic rings.